The Morgan fingerprint density at radius 3 is 2.15 bits per heavy atom. The molecule has 3 N–H and O–H groups in total. The van der Waals surface area contributed by atoms with Gasteiger partial charge in [0.1, 0.15) is 23.2 Å². The van der Waals surface area contributed by atoms with Gasteiger partial charge < -0.3 is 15.5 Å². The topological polar surface area (TPSA) is 104 Å². The number of carbonyl (C=O) groups excluding carboxylic acids is 1. The summed E-state index contributed by atoms with van der Waals surface area (Å²) in [4.78, 5) is 32.9. The van der Waals surface area contributed by atoms with Gasteiger partial charge in [-0.2, -0.15) is 0 Å². The fourth-order valence-electron chi connectivity index (χ4n) is 1.47. The van der Waals surface area contributed by atoms with Crippen LogP contribution in [0.2, 0.25) is 0 Å². The number of hydrogen-bond acceptors (Lipinski definition) is 3. The van der Waals surface area contributed by atoms with Crippen LogP contribution in [0.15, 0.2) is 18.2 Å². The Bertz CT molecular complexity index is 526. The predicted octanol–water partition coefficient (Wildman–Crippen LogP) is 1.01. The molecule has 8 heteroatoms. The van der Waals surface area contributed by atoms with Crippen molar-refractivity contribution in [1.29, 1.82) is 0 Å². The van der Waals surface area contributed by atoms with Gasteiger partial charge >= 0.3 is 11.9 Å². The average molecular weight is 287 g/mol. The Labute approximate surface area is 112 Å². The third-order valence-electron chi connectivity index (χ3n) is 2.44. The number of aliphatic carboxylic acids is 2. The smallest absolute Gasteiger partial charge is 0.326 e. The molecular weight excluding hydrogens is 276 g/mol. The summed E-state index contributed by atoms with van der Waals surface area (Å²) in [5, 5.41) is 19.2. The molecule has 0 heterocycles. The maximum Gasteiger partial charge on any atom is 0.326 e. The van der Waals surface area contributed by atoms with E-state index in [1.54, 1.807) is 0 Å². The van der Waals surface area contributed by atoms with E-state index >= 15 is 0 Å². The van der Waals surface area contributed by atoms with Crippen molar-refractivity contribution in [2.24, 2.45) is 0 Å². The van der Waals surface area contributed by atoms with Gasteiger partial charge in [0.2, 0.25) is 0 Å². The molecule has 0 radical (unpaired) electrons. The van der Waals surface area contributed by atoms with Gasteiger partial charge in [0.15, 0.2) is 0 Å². The monoisotopic (exact) mass is 287 g/mol. The largest absolute Gasteiger partial charge is 0.481 e. The quantitative estimate of drug-likeness (QED) is 0.724. The molecular formula is C12H11F2NO5. The van der Waals surface area contributed by atoms with Gasteiger partial charge in [0.05, 0.1) is 0 Å². The number of halogens is 2. The lowest BCUT2D eigenvalue weighted by Gasteiger charge is -2.14. The van der Waals surface area contributed by atoms with Gasteiger partial charge in [0.25, 0.3) is 5.91 Å². The molecule has 0 saturated heterocycles. The minimum Gasteiger partial charge on any atom is -0.481 e. The summed E-state index contributed by atoms with van der Waals surface area (Å²) in [5.74, 6) is -6.26. The van der Waals surface area contributed by atoms with E-state index in [1.165, 1.54) is 0 Å². The van der Waals surface area contributed by atoms with Crippen LogP contribution in [0.25, 0.3) is 0 Å². The van der Waals surface area contributed by atoms with Gasteiger partial charge in [-0.05, 0) is 18.6 Å². The van der Waals surface area contributed by atoms with Crippen LogP contribution in [0.1, 0.15) is 23.2 Å². The molecule has 0 bridgehead atoms. The SMILES string of the molecule is O=C(O)CC[C@H](NC(=O)c1c(F)cccc1F)C(=O)O. The van der Waals surface area contributed by atoms with Gasteiger partial charge in [-0.3, -0.25) is 9.59 Å². The average Bonchev–Trinajstić information content (AvgIpc) is 2.33. The molecule has 1 aromatic carbocycles. The van der Waals surface area contributed by atoms with E-state index in [1.807, 2.05) is 5.32 Å². The van der Waals surface area contributed by atoms with Crippen LogP contribution in [-0.4, -0.2) is 34.1 Å². The van der Waals surface area contributed by atoms with E-state index < -0.39 is 53.9 Å². The molecule has 0 aromatic heterocycles. The van der Waals surface area contributed by atoms with Gasteiger partial charge in [0, 0.05) is 6.42 Å². The molecule has 20 heavy (non-hydrogen) atoms. The lowest BCUT2D eigenvalue weighted by atomic mass is 10.1. The Hall–Kier alpha value is -2.51. The summed E-state index contributed by atoms with van der Waals surface area (Å²) < 4.78 is 26.6. The lowest BCUT2D eigenvalue weighted by Crippen LogP contribution is -2.41. The number of carboxylic acids is 2. The maximum absolute atomic E-state index is 13.3. The molecule has 0 unspecified atom stereocenters. The number of rotatable bonds is 6. The Morgan fingerprint density at radius 1 is 1.15 bits per heavy atom. The summed E-state index contributed by atoms with van der Waals surface area (Å²) in [6.45, 7) is 0. The lowest BCUT2D eigenvalue weighted by molar-refractivity contribution is -0.140. The fourth-order valence-corrected chi connectivity index (χ4v) is 1.47. The van der Waals surface area contributed by atoms with E-state index in [4.69, 9.17) is 10.2 Å². The van der Waals surface area contributed by atoms with Gasteiger partial charge in [-0.15, -0.1) is 0 Å². The van der Waals surface area contributed by atoms with E-state index in [9.17, 15) is 23.2 Å². The number of nitrogens with one attached hydrogen (secondary N) is 1. The molecule has 1 aromatic rings. The van der Waals surface area contributed by atoms with Crippen molar-refractivity contribution >= 4 is 17.8 Å². The standard InChI is InChI=1S/C12H11F2NO5/c13-6-2-1-3-7(14)10(6)11(18)15-8(12(19)20)4-5-9(16)17/h1-3,8H,4-5H2,(H,15,18)(H,16,17)(H,19,20)/t8-/m0/s1. The summed E-state index contributed by atoms with van der Waals surface area (Å²) in [6, 6.07) is 1.22. The highest BCUT2D eigenvalue weighted by Gasteiger charge is 2.24. The van der Waals surface area contributed by atoms with Gasteiger partial charge in [-0.25, -0.2) is 13.6 Å². The first kappa shape index (κ1) is 15.5. The molecule has 0 spiro atoms. The second-order valence-corrected chi connectivity index (χ2v) is 3.89. The van der Waals surface area contributed by atoms with E-state index in [-0.39, 0.29) is 0 Å². The fraction of sp³-hybridized carbons (Fsp3) is 0.250. The highest BCUT2D eigenvalue weighted by atomic mass is 19.1. The summed E-state index contributed by atoms with van der Waals surface area (Å²) in [5.41, 5.74) is -0.908. The summed E-state index contributed by atoms with van der Waals surface area (Å²) in [7, 11) is 0. The first-order chi connectivity index (χ1) is 9.32. The number of benzene rings is 1. The zero-order valence-corrected chi connectivity index (χ0v) is 10.1. The third-order valence-corrected chi connectivity index (χ3v) is 2.44. The molecule has 0 aliphatic rings. The van der Waals surface area contributed by atoms with Crippen molar-refractivity contribution in [3.8, 4) is 0 Å². The van der Waals surface area contributed by atoms with Crippen molar-refractivity contribution in [2.75, 3.05) is 0 Å². The molecule has 1 rings (SSSR count). The zero-order chi connectivity index (χ0) is 15.3. The van der Waals surface area contributed by atoms with Crippen molar-refractivity contribution in [3.05, 3.63) is 35.4 Å². The molecule has 0 fully saturated rings. The van der Waals surface area contributed by atoms with E-state index in [0.717, 1.165) is 18.2 Å². The molecule has 108 valence electrons. The van der Waals surface area contributed by atoms with Crippen molar-refractivity contribution in [2.45, 2.75) is 18.9 Å². The van der Waals surface area contributed by atoms with Crippen LogP contribution in [0.3, 0.4) is 0 Å². The summed E-state index contributed by atoms with van der Waals surface area (Å²) in [6.07, 6.45) is -0.899. The van der Waals surface area contributed by atoms with E-state index in [2.05, 4.69) is 0 Å². The zero-order valence-electron chi connectivity index (χ0n) is 10.1. The molecule has 0 saturated carbocycles. The van der Waals surface area contributed by atoms with Crippen LogP contribution >= 0.6 is 0 Å². The Morgan fingerprint density at radius 2 is 1.70 bits per heavy atom. The first-order valence-electron chi connectivity index (χ1n) is 5.52. The minimum absolute atomic E-state index is 0.396. The number of amides is 1. The van der Waals surface area contributed by atoms with E-state index in [0.29, 0.717) is 0 Å². The van der Waals surface area contributed by atoms with Gasteiger partial charge in [-0.1, -0.05) is 6.07 Å². The Kier molecular flexibility index (Phi) is 5.13. The van der Waals surface area contributed by atoms with Crippen molar-refractivity contribution in [3.63, 3.8) is 0 Å². The van der Waals surface area contributed by atoms with Crippen molar-refractivity contribution < 1.29 is 33.4 Å². The molecule has 0 aliphatic carbocycles. The number of carbonyl (C=O) groups is 3. The molecule has 6 nitrogen and oxygen atoms in total. The third kappa shape index (κ3) is 4.01. The number of hydrogen-bond donors (Lipinski definition) is 3. The summed E-state index contributed by atoms with van der Waals surface area (Å²) >= 11 is 0. The van der Waals surface area contributed by atoms with Crippen LogP contribution < -0.4 is 5.32 Å². The maximum atomic E-state index is 13.3. The first-order valence-corrected chi connectivity index (χ1v) is 5.52. The second-order valence-electron chi connectivity index (χ2n) is 3.89. The van der Waals surface area contributed by atoms with Crippen LogP contribution in [0.4, 0.5) is 8.78 Å². The highest BCUT2D eigenvalue weighted by Crippen LogP contribution is 2.12. The van der Waals surface area contributed by atoms with Crippen LogP contribution in [0, 0.1) is 11.6 Å². The minimum atomic E-state index is -1.54. The predicted molar refractivity (Wildman–Crippen MR) is 62.1 cm³/mol. The molecule has 1 atom stereocenters. The molecule has 0 aliphatic heterocycles. The van der Waals surface area contributed by atoms with Crippen LogP contribution in [-0.2, 0) is 9.59 Å². The van der Waals surface area contributed by atoms with Crippen molar-refractivity contribution in [1.82, 2.24) is 5.32 Å². The Balaban J connectivity index is 2.86. The van der Waals surface area contributed by atoms with Crippen LogP contribution in [0.5, 0.6) is 0 Å². The molecule has 1 amide bonds. The second kappa shape index (κ2) is 6.60. The number of carboxylic acid groups (broad SMARTS) is 2. The normalized spacial score (nSPS) is 11.7. The highest BCUT2D eigenvalue weighted by molar-refractivity contribution is 5.97.